The van der Waals surface area contributed by atoms with Gasteiger partial charge >= 0.3 is 0 Å². The first kappa shape index (κ1) is 10.5. The van der Waals surface area contributed by atoms with Crippen LogP contribution in [-0.4, -0.2) is 6.54 Å². The third-order valence-corrected chi connectivity index (χ3v) is 4.90. The van der Waals surface area contributed by atoms with Gasteiger partial charge in [-0.2, -0.15) is 0 Å². The SMILES string of the molecule is Cc1sc(C2CCCCN2)c(C)c1Cl. The Labute approximate surface area is 94.5 Å². The number of piperidine rings is 1. The van der Waals surface area contributed by atoms with Crippen molar-refractivity contribution in [3.05, 3.63) is 20.3 Å². The average molecular weight is 230 g/mol. The zero-order chi connectivity index (χ0) is 10.1. The van der Waals surface area contributed by atoms with Crippen molar-refractivity contribution in [1.82, 2.24) is 5.32 Å². The van der Waals surface area contributed by atoms with Gasteiger partial charge in [0.25, 0.3) is 0 Å². The second-order valence-electron chi connectivity index (χ2n) is 3.96. The molecular weight excluding hydrogens is 214 g/mol. The van der Waals surface area contributed by atoms with Gasteiger partial charge in [-0.25, -0.2) is 0 Å². The van der Waals surface area contributed by atoms with E-state index in [0.717, 1.165) is 11.6 Å². The minimum Gasteiger partial charge on any atom is -0.309 e. The Morgan fingerprint density at radius 2 is 2.14 bits per heavy atom. The monoisotopic (exact) mass is 229 g/mol. The van der Waals surface area contributed by atoms with Crippen molar-refractivity contribution in [2.45, 2.75) is 39.2 Å². The fourth-order valence-electron chi connectivity index (χ4n) is 2.07. The molecule has 3 heteroatoms. The van der Waals surface area contributed by atoms with Crippen LogP contribution in [0.5, 0.6) is 0 Å². The molecule has 0 spiro atoms. The summed E-state index contributed by atoms with van der Waals surface area (Å²) in [6.45, 7) is 5.39. The van der Waals surface area contributed by atoms with Gasteiger partial charge in [0.05, 0.1) is 5.02 Å². The predicted molar refractivity (Wildman–Crippen MR) is 63.4 cm³/mol. The van der Waals surface area contributed by atoms with E-state index in [1.807, 2.05) is 11.3 Å². The molecule has 1 nitrogen and oxygen atoms in total. The highest BCUT2D eigenvalue weighted by molar-refractivity contribution is 7.12. The third-order valence-electron chi connectivity index (χ3n) is 2.90. The Hall–Kier alpha value is -0.0500. The lowest BCUT2D eigenvalue weighted by atomic mass is 10.0. The van der Waals surface area contributed by atoms with E-state index in [2.05, 4.69) is 19.2 Å². The molecule has 2 rings (SSSR count). The van der Waals surface area contributed by atoms with Crippen LogP contribution >= 0.6 is 22.9 Å². The summed E-state index contributed by atoms with van der Waals surface area (Å²) in [5.41, 5.74) is 1.29. The molecule has 1 aliphatic rings. The minimum atomic E-state index is 0.556. The molecule has 1 aliphatic heterocycles. The summed E-state index contributed by atoms with van der Waals surface area (Å²) in [5.74, 6) is 0. The molecule has 1 atom stereocenters. The molecule has 0 radical (unpaired) electrons. The summed E-state index contributed by atoms with van der Waals surface area (Å²) in [4.78, 5) is 2.71. The van der Waals surface area contributed by atoms with Gasteiger partial charge in [0.1, 0.15) is 0 Å². The lowest BCUT2D eigenvalue weighted by Gasteiger charge is -2.23. The highest BCUT2D eigenvalue weighted by Crippen LogP contribution is 2.37. The van der Waals surface area contributed by atoms with Crippen molar-refractivity contribution in [3.8, 4) is 0 Å². The van der Waals surface area contributed by atoms with Crippen molar-refractivity contribution in [2.24, 2.45) is 0 Å². The minimum absolute atomic E-state index is 0.556. The topological polar surface area (TPSA) is 12.0 Å². The van der Waals surface area contributed by atoms with Gasteiger partial charge in [-0.05, 0) is 38.8 Å². The van der Waals surface area contributed by atoms with E-state index < -0.39 is 0 Å². The Morgan fingerprint density at radius 1 is 1.36 bits per heavy atom. The number of nitrogens with one attached hydrogen (secondary N) is 1. The maximum Gasteiger partial charge on any atom is 0.0574 e. The van der Waals surface area contributed by atoms with E-state index in [1.165, 1.54) is 34.6 Å². The molecule has 0 bridgehead atoms. The highest BCUT2D eigenvalue weighted by Gasteiger charge is 2.20. The summed E-state index contributed by atoms with van der Waals surface area (Å²) in [6.07, 6.45) is 3.91. The van der Waals surface area contributed by atoms with Gasteiger partial charge in [-0.15, -0.1) is 11.3 Å². The standard InChI is InChI=1S/C11H16ClNS/c1-7-10(12)8(2)14-11(7)9-5-3-4-6-13-9/h9,13H,3-6H2,1-2H3. The number of rotatable bonds is 1. The maximum atomic E-state index is 6.20. The van der Waals surface area contributed by atoms with Crippen LogP contribution in [-0.2, 0) is 0 Å². The molecular formula is C11H16ClNS. The molecule has 78 valence electrons. The fraction of sp³-hybridized carbons (Fsp3) is 0.636. The van der Waals surface area contributed by atoms with E-state index in [0.29, 0.717) is 6.04 Å². The summed E-state index contributed by atoms with van der Waals surface area (Å²) < 4.78 is 0. The van der Waals surface area contributed by atoms with E-state index >= 15 is 0 Å². The summed E-state index contributed by atoms with van der Waals surface area (Å²) in [7, 11) is 0. The molecule has 0 aromatic carbocycles. The molecule has 1 fully saturated rings. The van der Waals surface area contributed by atoms with Gasteiger partial charge < -0.3 is 5.32 Å². The molecule has 14 heavy (non-hydrogen) atoms. The second kappa shape index (κ2) is 4.21. The van der Waals surface area contributed by atoms with Crippen molar-refractivity contribution in [2.75, 3.05) is 6.54 Å². The number of aryl methyl sites for hydroxylation is 1. The molecule has 0 aliphatic carbocycles. The molecule has 1 aromatic rings. The van der Waals surface area contributed by atoms with Crippen LogP contribution < -0.4 is 5.32 Å². The zero-order valence-electron chi connectivity index (χ0n) is 8.69. The van der Waals surface area contributed by atoms with Crippen LogP contribution in [0.2, 0.25) is 5.02 Å². The summed E-state index contributed by atoms with van der Waals surface area (Å²) in [6, 6.07) is 0.556. The zero-order valence-corrected chi connectivity index (χ0v) is 10.3. The molecule has 2 heterocycles. The number of hydrogen-bond donors (Lipinski definition) is 1. The van der Waals surface area contributed by atoms with Crippen LogP contribution in [0.15, 0.2) is 0 Å². The first-order chi connectivity index (χ1) is 6.70. The van der Waals surface area contributed by atoms with Gasteiger partial charge in [-0.1, -0.05) is 18.0 Å². The van der Waals surface area contributed by atoms with Gasteiger partial charge in [0, 0.05) is 15.8 Å². The Balaban J connectivity index is 2.26. The van der Waals surface area contributed by atoms with E-state index in [-0.39, 0.29) is 0 Å². The largest absolute Gasteiger partial charge is 0.309 e. The normalized spacial score (nSPS) is 22.6. The highest BCUT2D eigenvalue weighted by atomic mass is 35.5. The van der Waals surface area contributed by atoms with Crippen molar-refractivity contribution in [3.63, 3.8) is 0 Å². The molecule has 0 amide bonds. The van der Waals surface area contributed by atoms with Crippen LogP contribution in [0.4, 0.5) is 0 Å². The first-order valence-corrected chi connectivity index (χ1v) is 6.38. The Morgan fingerprint density at radius 3 is 2.64 bits per heavy atom. The Kier molecular flexibility index (Phi) is 3.15. The molecule has 1 unspecified atom stereocenters. The van der Waals surface area contributed by atoms with Crippen LogP contribution in [0.25, 0.3) is 0 Å². The van der Waals surface area contributed by atoms with E-state index in [1.54, 1.807) is 0 Å². The number of hydrogen-bond acceptors (Lipinski definition) is 2. The first-order valence-electron chi connectivity index (χ1n) is 5.19. The predicted octanol–water partition coefficient (Wildman–Crippen LogP) is 3.83. The van der Waals surface area contributed by atoms with Gasteiger partial charge in [-0.3, -0.25) is 0 Å². The quantitative estimate of drug-likeness (QED) is 0.772. The van der Waals surface area contributed by atoms with Crippen LogP contribution in [0, 0.1) is 13.8 Å². The third kappa shape index (κ3) is 1.83. The number of halogens is 1. The smallest absolute Gasteiger partial charge is 0.0574 e. The average Bonchev–Trinajstić information content (AvgIpc) is 2.47. The van der Waals surface area contributed by atoms with Gasteiger partial charge in [0.15, 0.2) is 0 Å². The second-order valence-corrected chi connectivity index (χ2v) is 5.60. The van der Waals surface area contributed by atoms with Gasteiger partial charge in [0.2, 0.25) is 0 Å². The molecule has 0 saturated carbocycles. The molecule has 1 saturated heterocycles. The van der Waals surface area contributed by atoms with E-state index in [4.69, 9.17) is 11.6 Å². The molecule has 1 N–H and O–H groups in total. The summed E-state index contributed by atoms with van der Waals surface area (Å²) >= 11 is 8.05. The number of thiophene rings is 1. The molecule has 1 aromatic heterocycles. The van der Waals surface area contributed by atoms with Crippen LogP contribution in [0.1, 0.15) is 40.6 Å². The fourth-order valence-corrected chi connectivity index (χ4v) is 3.51. The lowest BCUT2D eigenvalue weighted by molar-refractivity contribution is 0.416. The van der Waals surface area contributed by atoms with E-state index in [9.17, 15) is 0 Å². The summed E-state index contributed by atoms with van der Waals surface area (Å²) in [5, 5.41) is 4.54. The maximum absolute atomic E-state index is 6.20. The van der Waals surface area contributed by atoms with Crippen molar-refractivity contribution in [1.29, 1.82) is 0 Å². The van der Waals surface area contributed by atoms with Crippen molar-refractivity contribution >= 4 is 22.9 Å². The Bertz CT molecular complexity index is 326. The van der Waals surface area contributed by atoms with Crippen molar-refractivity contribution < 1.29 is 0 Å². The lowest BCUT2D eigenvalue weighted by Crippen LogP contribution is -2.26. The van der Waals surface area contributed by atoms with Crippen LogP contribution in [0.3, 0.4) is 0 Å².